The molecule has 0 aliphatic carbocycles. The predicted molar refractivity (Wildman–Crippen MR) is 114 cm³/mol. The van der Waals surface area contributed by atoms with Gasteiger partial charge in [-0.25, -0.2) is 0 Å². The van der Waals surface area contributed by atoms with E-state index in [-0.39, 0.29) is 23.1 Å². The van der Waals surface area contributed by atoms with E-state index in [4.69, 9.17) is 4.74 Å². The molecule has 0 spiro atoms. The number of ether oxygens (including phenoxy) is 1. The molecule has 0 saturated heterocycles. The third kappa shape index (κ3) is 6.82. The average molecular weight is 411 g/mol. The molecule has 3 amide bonds. The first-order valence-electron chi connectivity index (χ1n) is 9.60. The van der Waals surface area contributed by atoms with Gasteiger partial charge in [0.15, 0.2) is 0 Å². The van der Waals surface area contributed by atoms with Crippen LogP contribution in [0.3, 0.4) is 0 Å². The maximum atomic E-state index is 12.5. The van der Waals surface area contributed by atoms with Crippen molar-refractivity contribution >= 4 is 34.9 Å². The molecule has 30 heavy (non-hydrogen) atoms. The Bertz CT molecular complexity index is 909. The third-order valence-electron chi connectivity index (χ3n) is 4.05. The first-order valence-corrected chi connectivity index (χ1v) is 9.60. The Morgan fingerprint density at radius 2 is 1.63 bits per heavy atom. The van der Waals surface area contributed by atoms with Crippen LogP contribution in [0.2, 0.25) is 0 Å². The standard InChI is InChI=1S/C22H25N3O5/c1-3-30-14-6-13-23-21(28)16-9-11-17(12-10-16)25-22(29)20(27)18-7-4-5-8-19(18)24-15(2)26/h4-5,7-12H,3,6,13-14H2,1-2H3,(H,23,28)(H,24,26)(H,25,29). The van der Waals surface area contributed by atoms with Gasteiger partial charge in [0.2, 0.25) is 5.91 Å². The molecule has 2 rings (SSSR count). The van der Waals surface area contributed by atoms with Crippen LogP contribution in [-0.4, -0.2) is 43.3 Å². The molecular formula is C22H25N3O5. The van der Waals surface area contributed by atoms with E-state index in [1.807, 2.05) is 6.92 Å². The van der Waals surface area contributed by atoms with E-state index in [0.29, 0.717) is 31.0 Å². The number of ketones is 1. The van der Waals surface area contributed by atoms with Gasteiger partial charge in [0, 0.05) is 37.9 Å². The minimum atomic E-state index is -0.846. The highest BCUT2D eigenvalue weighted by Gasteiger charge is 2.20. The molecule has 2 aromatic rings. The summed E-state index contributed by atoms with van der Waals surface area (Å²) in [6.07, 6.45) is 0.718. The highest BCUT2D eigenvalue weighted by atomic mass is 16.5. The minimum Gasteiger partial charge on any atom is -0.382 e. The summed E-state index contributed by atoms with van der Waals surface area (Å²) >= 11 is 0. The Kier molecular flexibility index (Phi) is 8.71. The van der Waals surface area contributed by atoms with Crippen LogP contribution in [-0.2, 0) is 14.3 Å². The molecule has 0 atom stereocenters. The molecule has 8 heteroatoms. The summed E-state index contributed by atoms with van der Waals surface area (Å²) in [5.74, 6) is -2.21. The molecule has 0 heterocycles. The molecule has 0 aliphatic heterocycles. The lowest BCUT2D eigenvalue weighted by atomic mass is 10.1. The van der Waals surface area contributed by atoms with Gasteiger partial charge >= 0.3 is 0 Å². The van der Waals surface area contributed by atoms with E-state index < -0.39 is 11.7 Å². The number of amides is 3. The van der Waals surface area contributed by atoms with Crippen LogP contribution < -0.4 is 16.0 Å². The minimum absolute atomic E-state index is 0.0910. The fraction of sp³-hybridized carbons (Fsp3) is 0.273. The molecule has 0 saturated carbocycles. The maximum absolute atomic E-state index is 12.5. The summed E-state index contributed by atoms with van der Waals surface area (Å²) in [5.41, 5.74) is 1.17. The van der Waals surface area contributed by atoms with Crippen molar-refractivity contribution in [2.24, 2.45) is 0 Å². The van der Waals surface area contributed by atoms with Crippen molar-refractivity contribution in [3.8, 4) is 0 Å². The summed E-state index contributed by atoms with van der Waals surface area (Å²) < 4.78 is 5.21. The van der Waals surface area contributed by atoms with E-state index in [2.05, 4.69) is 16.0 Å². The van der Waals surface area contributed by atoms with Crippen LogP contribution in [0.5, 0.6) is 0 Å². The highest BCUT2D eigenvalue weighted by molar-refractivity contribution is 6.47. The number of benzene rings is 2. The zero-order valence-corrected chi connectivity index (χ0v) is 17.0. The molecule has 0 radical (unpaired) electrons. The van der Waals surface area contributed by atoms with E-state index in [9.17, 15) is 19.2 Å². The van der Waals surface area contributed by atoms with Crippen LogP contribution in [0.4, 0.5) is 11.4 Å². The third-order valence-corrected chi connectivity index (χ3v) is 4.05. The van der Waals surface area contributed by atoms with Crippen molar-refractivity contribution in [3.05, 3.63) is 59.7 Å². The number of Topliss-reactive ketones (excluding diaryl/α,β-unsaturated/α-hetero) is 1. The van der Waals surface area contributed by atoms with Crippen LogP contribution in [0.1, 0.15) is 41.0 Å². The summed E-state index contributed by atoms with van der Waals surface area (Å²) in [5, 5.41) is 7.82. The summed E-state index contributed by atoms with van der Waals surface area (Å²) in [4.78, 5) is 48.2. The van der Waals surface area contributed by atoms with Crippen LogP contribution in [0.15, 0.2) is 48.5 Å². The Hall–Kier alpha value is -3.52. The number of rotatable bonds is 10. The van der Waals surface area contributed by atoms with Gasteiger partial charge in [0.05, 0.1) is 11.3 Å². The van der Waals surface area contributed by atoms with Crippen molar-refractivity contribution in [1.82, 2.24) is 5.32 Å². The topological polar surface area (TPSA) is 114 Å². The smallest absolute Gasteiger partial charge is 0.296 e. The number of nitrogens with one attached hydrogen (secondary N) is 3. The Morgan fingerprint density at radius 1 is 0.933 bits per heavy atom. The van der Waals surface area contributed by atoms with E-state index in [1.165, 1.54) is 13.0 Å². The Balaban J connectivity index is 1.95. The fourth-order valence-corrected chi connectivity index (χ4v) is 2.62. The summed E-state index contributed by atoms with van der Waals surface area (Å²) in [7, 11) is 0. The quantitative estimate of drug-likeness (QED) is 0.316. The number of para-hydroxylation sites is 1. The fourth-order valence-electron chi connectivity index (χ4n) is 2.62. The zero-order valence-electron chi connectivity index (χ0n) is 17.0. The average Bonchev–Trinajstić information content (AvgIpc) is 2.73. The SMILES string of the molecule is CCOCCCNC(=O)c1ccc(NC(=O)C(=O)c2ccccc2NC(C)=O)cc1. The van der Waals surface area contributed by atoms with Gasteiger partial charge in [-0.2, -0.15) is 0 Å². The maximum Gasteiger partial charge on any atom is 0.296 e. The second-order valence-electron chi connectivity index (χ2n) is 6.39. The van der Waals surface area contributed by atoms with Gasteiger partial charge in [-0.05, 0) is 49.7 Å². The van der Waals surface area contributed by atoms with Crippen LogP contribution in [0, 0.1) is 0 Å². The van der Waals surface area contributed by atoms with Gasteiger partial charge in [0.1, 0.15) is 0 Å². The normalized spacial score (nSPS) is 10.2. The molecule has 0 aliphatic rings. The number of carbonyl (C=O) groups excluding carboxylic acids is 4. The lowest BCUT2D eigenvalue weighted by molar-refractivity contribution is -0.114. The van der Waals surface area contributed by atoms with Crippen molar-refractivity contribution < 1.29 is 23.9 Å². The van der Waals surface area contributed by atoms with Gasteiger partial charge in [0.25, 0.3) is 17.6 Å². The molecular weight excluding hydrogens is 386 g/mol. The van der Waals surface area contributed by atoms with Crippen molar-refractivity contribution in [3.63, 3.8) is 0 Å². The number of anilines is 2. The van der Waals surface area contributed by atoms with Crippen molar-refractivity contribution in [1.29, 1.82) is 0 Å². The monoisotopic (exact) mass is 411 g/mol. The van der Waals surface area contributed by atoms with Crippen LogP contribution in [0.25, 0.3) is 0 Å². The first-order chi connectivity index (χ1) is 14.4. The molecule has 3 N–H and O–H groups in total. The van der Waals surface area contributed by atoms with Gasteiger partial charge < -0.3 is 20.7 Å². The number of carbonyl (C=O) groups is 4. The second kappa shape index (κ2) is 11.5. The van der Waals surface area contributed by atoms with E-state index in [1.54, 1.807) is 42.5 Å². The molecule has 0 unspecified atom stereocenters. The van der Waals surface area contributed by atoms with Crippen molar-refractivity contribution in [2.45, 2.75) is 20.3 Å². The molecule has 158 valence electrons. The van der Waals surface area contributed by atoms with Gasteiger partial charge in [-0.3, -0.25) is 19.2 Å². The lowest BCUT2D eigenvalue weighted by Crippen LogP contribution is -2.26. The van der Waals surface area contributed by atoms with Crippen LogP contribution >= 0.6 is 0 Å². The van der Waals surface area contributed by atoms with E-state index >= 15 is 0 Å². The first kappa shape index (κ1) is 22.8. The lowest BCUT2D eigenvalue weighted by Gasteiger charge is -2.10. The number of hydrogen-bond donors (Lipinski definition) is 3. The largest absolute Gasteiger partial charge is 0.382 e. The molecule has 0 fully saturated rings. The van der Waals surface area contributed by atoms with E-state index in [0.717, 1.165) is 6.42 Å². The molecule has 0 aromatic heterocycles. The molecule has 8 nitrogen and oxygen atoms in total. The molecule has 2 aromatic carbocycles. The van der Waals surface area contributed by atoms with Crippen molar-refractivity contribution in [2.75, 3.05) is 30.4 Å². The Morgan fingerprint density at radius 3 is 2.30 bits per heavy atom. The molecule has 0 bridgehead atoms. The van der Waals surface area contributed by atoms with Gasteiger partial charge in [-0.15, -0.1) is 0 Å². The summed E-state index contributed by atoms with van der Waals surface area (Å²) in [6, 6.07) is 12.5. The van der Waals surface area contributed by atoms with Gasteiger partial charge in [-0.1, -0.05) is 12.1 Å². The Labute approximate surface area is 175 Å². The second-order valence-corrected chi connectivity index (χ2v) is 6.39. The summed E-state index contributed by atoms with van der Waals surface area (Å²) in [6.45, 7) is 4.95. The predicted octanol–water partition coefficient (Wildman–Crippen LogP) is 2.62. The zero-order chi connectivity index (χ0) is 21.9. The number of hydrogen-bond acceptors (Lipinski definition) is 5. The highest BCUT2D eigenvalue weighted by Crippen LogP contribution is 2.17.